The largest absolute Gasteiger partial charge is 0.415 e. The van der Waals surface area contributed by atoms with Crippen LogP contribution in [0, 0.1) is 13.8 Å². The van der Waals surface area contributed by atoms with Crippen molar-refractivity contribution in [3.8, 4) is 5.69 Å². The number of carbonyl (C=O) groups excluding carboxylic acids is 1. The van der Waals surface area contributed by atoms with Gasteiger partial charge in [-0.15, -0.1) is 10.2 Å². The van der Waals surface area contributed by atoms with Crippen molar-refractivity contribution in [3.05, 3.63) is 47.6 Å². The lowest BCUT2D eigenvalue weighted by molar-refractivity contribution is -0.115. The van der Waals surface area contributed by atoms with Crippen molar-refractivity contribution in [2.45, 2.75) is 31.2 Å². The Hall–Kier alpha value is -2.26. The van der Waals surface area contributed by atoms with Gasteiger partial charge in [0, 0.05) is 12.2 Å². The van der Waals surface area contributed by atoms with Crippen molar-refractivity contribution in [2.24, 2.45) is 0 Å². The fraction of sp³-hybridized carbons (Fsp3) is 0.333. The minimum atomic E-state index is -0.0647. The van der Waals surface area contributed by atoms with Gasteiger partial charge in [0.25, 0.3) is 5.22 Å². The lowest BCUT2D eigenvalue weighted by atomic mass is 10.3. The Morgan fingerprint density at radius 1 is 1.22 bits per heavy atom. The van der Waals surface area contributed by atoms with Gasteiger partial charge in [-0.3, -0.25) is 4.79 Å². The summed E-state index contributed by atoms with van der Waals surface area (Å²) >= 11 is 3.01. The molecule has 0 saturated heterocycles. The van der Waals surface area contributed by atoms with Gasteiger partial charge in [-0.1, -0.05) is 30.0 Å². The minimum absolute atomic E-state index is 0.0647. The molecule has 3 aromatic rings. The highest BCUT2D eigenvalue weighted by molar-refractivity contribution is 7.99. The smallest absolute Gasteiger partial charge is 0.276 e. The first-order valence-corrected chi connectivity index (χ1v) is 10.8. The van der Waals surface area contributed by atoms with E-state index in [1.807, 2.05) is 55.1 Å². The van der Waals surface area contributed by atoms with Crippen molar-refractivity contribution in [1.29, 1.82) is 0 Å². The molecule has 2 heterocycles. The second-order valence-corrected chi connectivity index (χ2v) is 7.75. The number of thioether (sulfide) groups is 2. The highest BCUT2D eigenvalue weighted by Crippen LogP contribution is 2.24. The zero-order valence-electron chi connectivity index (χ0n) is 15.4. The molecule has 0 bridgehead atoms. The number of hydrogen-bond acceptors (Lipinski definition) is 7. The molecule has 0 radical (unpaired) electrons. The van der Waals surface area contributed by atoms with Crippen molar-refractivity contribution in [1.82, 2.24) is 20.0 Å². The number of benzene rings is 1. The Labute approximate surface area is 166 Å². The Morgan fingerprint density at radius 3 is 2.74 bits per heavy atom. The van der Waals surface area contributed by atoms with Crippen LogP contribution in [0.15, 0.2) is 40.0 Å². The van der Waals surface area contributed by atoms with Gasteiger partial charge < -0.3 is 9.73 Å². The maximum Gasteiger partial charge on any atom is 0.276 e. The van der Waals surface area contributed by atoms with Gasteiger partial charge in [-0.05, 0) is 32.2 Å². The van der Waals surface area contributed by atoms with Crippen molar-refractivity contribution in [3.63, 3.8) is 0 Å². The van der Waals surface area contributed by atoms with Crippen LogP contribution in [0.2, 0.25) is 0 Å². The predicted octanol–water partition coefficient (Wildman–Crippen LogP) is 3.86. The number of para-hydroxylation sites is 1. The number of nitrogens with zero attached hydrogens (tertiary/aromatic N) is 4. The molecule has 0 aliphatic heterocycles. The summed E-state index contributed by atoms with van der Waals surface area (Å²) in [5.41, 5.74) is 3.41. The molecule has 0 spiro atoms. The van der Waals surface area contributed by atoms with E-state index in [-0.39, 0.29) is 5.91 Å². The summed E-state index contributed by atoms with van der Waals surface area (Å²) in [5.74, 6) is 1.80. The summed E-state index contributed by atoms with van der Waals surface area (Å²) in [6.45, 7) is 3.84. The van der Waals surface area contributed by atoms with E-state index in [2.05, 4.69) is 20.6 Å². The Morgan fingerprint density at radius 2 is 2.00 bits per heavy atom. The van der Waals surface area contributed by atoms with E-state index < -0.39 is 0 Å². The number of aryl methyl sites for hydroxylation is 1. The summed E-state index contributed by atoms with van der Waals surface area (Å²) in [6, 6.07) is 9.85. The third-order valence-corrected chi connectivity index (χ3v) is 5.18. The first-order chi connectivity index (χ1) is 13.1. The molecule has 9 heteroatoms. The average molecular weight is 404 g/mol. The van der Waals surface area contributed by atoms with Crippen molar-refractivity contribution in [2.75, 3.05) is 17.3 Å². The van der Waals surface area contributed by atoms with Crippen LogP contribution >= 0.6 is 23.5 Å². The molecule has 2 aromatic heterocycles. The number of aromatic nitrogens is 4. The number of anilines is 1. The summed E-state index contributed by atoms with van der Waals surface area (Å²) in [4.78, 5) is 12.3. The van der Waals surface area contributed by atoms with Crippen LogP contribution in [0.1, 0.15) is 23.7 Å². The highest BCUT2D eigenvalue weighted by atomic mass is 32.2. The van der Waals surface area contributed by atoms with Gasteiger partial charge in [0.2, 0.25) is 11.8 Å². The first-order valence-electron chi connectivity index (χ1n) is 8.44. The predicted molar refractivity (Wildman–Crippen MR) is 109 cm³/mol. The van der Waals surface area contributed by atoms with E-state index in [0.717, 1.165) is 22.8 Å². The monoisotopic (exact) mass is 403 g/mol. The second kappa shape index (κ2) is 9.09. The zero-order chi connectivity index (χ0) is 19.2. The number of hydrogen-bond donors (Lipinski definition) is 1. The molecule has 1 aromatic carbocycles. The van der Waals surface area contributed by atoms with Crippen molar-refractivity contribution < 1.29 is 9.21 Å². The quantitative estimate of drug-likeness (QED) is 0.572. The van der Waals surface area contributed by atoms with E-state index in [9.17, 15) is 4.79 Å². The summed E-state index contributed by atoms with van der Waals surface area (Å²) < 4.78 is 7.33. The molecule has 0 aliphatic carbocycles. The van der Waals surface area contributed by atoms with Gasteiger partial charge in [0.15, 0.2) is 0 Å². The van der Waals surface area contributed by atoms with E-state index in [1.165, 1.54) is 11.8 Å². The van der Waals surface area contributed by atoms with E-state index >= 15 is 0 Å². The van der Waals surface area contributed by atoms with Gasteiger partial charge in [-0.2, -0.15) is 16.9 Å². The SMILES string of the molecule is CSCc1nnc(SCCC(=O)Nc2c(C)nn(-c3ccccc3)c2C)o1. The highest BCUT2D eigenvalue weighted by Gasteiger charge is 2.15. The lowest BCUT2D eigenvalue weighted by Gasteiger charge is -2.06. The van der Waals surface area contributed by atoms with Crippen LogP contribution in [0.5, 0.6) is 0 Å². The minimum Gasteiger partial charge on any atom is -0.415 e. The van der Waals surface area contributed by atoms with E-state index in [0.29, 0.717) is 29.0 Å². The fourth-order valence-corrected chi connectivity index (χ4v) is 3.63. The second-order valence-electron chi connectivity index (χ2n) is 5.83. The third-order valence-electron chi connectivity index (χ3n) is 3.83. The van der Waals surface area contributed by atoms with Crippen LogP contribution in [0.3, 0.4) is 0 Å². The van der Waals surface area contributed by atoms with Gasteiger partial charge in [0.05, 0.1) is 28.5 Å². The molecule has 0 saturated carbocycles. The van der Waals surface area contributed by atoms with Gasteiger partial charge in [-0.25, -0.2) is 4.68 Å². The topological polar surface area (TPSA) is 85.8 Å². The summed E-state index contributed by atoms with van der Waals surface area (Å²) in [6.07, 6.45) is 2.32. The first kappa shape index (κ1) is 19.5. The molecule has 0 fully saturated rings. The summed E-state index contributed by atoms with van der Waals surface area (Å²) in [7, 11) is 0. The van der Waals surface area contributed by atoms with Gasteiger partial charge >= 0.3 is 0 Å². The van der Waals surface area contributed by atoms with Crippen LogP contribution in [0.25, 0.3) is 5.69 Å². The van der Waals surface area contributed by atoms with Crippen LogP contribution in [0.4, 0.5) is 5.69 Å². The Kier molecular flexibility index (Phi) is 6.57. The van der Waals surface area contributed by atoms with Crippen molar-refractivity contribution >= 4 is 35.1 Å². The number of carbonyl (C=O) groups is 1. The molecule has 0 unspecified atom stereocenters. The Bertz CT molecular complexity index is 908. The molecular weight excluding hydrogens is 382 g/mol. The number of rotatable bonds is 8. The van der Waals surface area contributed by atoms with Crippen LogP contribution in [-0.4, -0.2) is 37.9 Å². The molecule has 1 N–H and O–H groups in total. The Balaban J connectivity index is 1.57. The lowest BCUT2D eigenvalue weighted by Crippen LogP contribution is -2.13. The zero-order valence-corrected chi connectivity index (χ0v) is 17.1. The number of amides is 1. The van der Waals surface area contributed by atoms with E-state index in [1.54, 1.807) is 11.8 Å². The maximum atomic E-state index is 12.3. The maximum absolute atomic E-state index is 12.3. The molecular formula is C18H21N5O2S2. The van der Waals surface area contributed by atoms with Crippen LogP contribution < -0.4 is 5.32 Å². The third kappa shape index (κ3) is 4.92. The molecule has 3 rings (SSSR count). The van der Waals surface area contributed by atoms with E-state index in [4.69, 9.17) is 4.42 Å². The van der Waals surface area contributed by atoms with Gasteiger partial charge in [0.1, 0.15) is 0 Å². The average Bonchev–Trinajstić information content (AvgIpc) is 3.22. The molecule has 7 nitrogen and oxygen atoms in total. The molecule has 142 valence electrons. The number of nitrogens with one attached hydrogen (secondary N) is 1. The normalized spacial score (nSPS) is 10.9. The molecule has 27 heavy (non-hydrogen) atoms. The van der Waals surface area contributed by atoms with Crippen LogP contribution in [-0.2, 0) is 10.5 Å². The standard InChI is InChI=1S/C18H21N5O2S2/c1-12-17(13(2)23(22-12)14-7-5-4-6-8-14)19-15(24)9-10-27-18-21-20-16(25-18)11-26-3/h4-8H,9-11H2,1-3H3,(H,19,24). The molecule has 0 atom stereocenters. The molecule has 1 amide bonds. The summed E-state index contributed by atoms with van der Waals surface area (Å²) in [5, 5.41) is 15.9. The fourth-order valence-electron chi connectivity index (χ4n) is 2.56. The molecule has 0 aliphatic rings.